The summed E-state index contributed by atoms with van der Waals surface area (Å²) in [5, 5.41) is 0. The minimum atomic E-state index is -0.323. The molecule has 120 valence electrons. The Morgan fingerprint density at radius 3 is 2.00 bits per heavy atom. The van der Waals surface area contributed by atoms with Gasteiger partial charge in [-0.2, -0.15) is 0 Å². The second-order valence-electron chi connectivity index (χ2n) is 6.20. The predicted molar refractivity (Wildman–Crippen MR) is 90.7 cm³/mol. The van der Waals surface area contributed by atoms with E-state index in [1.807, 2.05) is 12.1 Å². The molecule has 0 aliphatic heterocycles. The van der Waals surface area contributed by atoms with Crippen LogP contribution in [0.5, 0.6) is 5.75 Å². The lowest BCUT2D eigenvalue weighted by atomic mass is 9.80. The van der Waals surface area contributed by atoms with E-state index >= 15 is 0 Å². The van der Waals surface area contributed by atoms with Gasteiger partial charge in [-0.15, -0.1) is 0 Å². The minimum Gasteiger partial charge on any atom is -0.497 e. The molecule has 1 aromatic carbocycles. The molecule has 0 aliphatic carbocycles. The van der Waals surface area contributed by atoms with Crippen molar-refractivity contribution in [3.8, 4) is 5.75 Å². The maximum atomic E-state index is 6.83. The van der Waals surface area contributed by atoms with Crippen molar-refractivity contribution in [2.45, 2.75) is 46.1 Å². The molecular formula is C18H32N2O. The third-order valence-electron chi connectivity index (χ3n) is 4.22. The molecule has 1 rings (SSSR count). The Bertz CT molecular complexity index is 396. The number of rotatable bonds is 9. The highest BCUT2D eigenvalue weighted by Crippen LogP contribution is 2.29. The number of ether oxygens (including phenoxy) is 1. The first-order chi connectivity index (χ1) is 9.97. The van der Waals surface area contributed by atoms with Gasteiger partial charge in [0.05, 0.1) is 12.6 Å². The second-order valence-corrected chi connectivity index (χ2v) is 6.20. The Labute approximate surface area is 130 Å². The van der Waals surface area contributed by atoms with Crippen molar-refractivity contribution in [1.29, 1.82) is 0 Å². The van der Waals surface area contributed by atoms with Crippen LogP contribution in [0.4, 0.5) is 0 Å². The summed E-state index contributed by atoms with van der Waals surface area (Å²) in [6.45, 7) is 12.0. The Balaban J connectivity index is 2.99. The molecule has 3 heteroatoms. The van der Waals surface area contributed by atoms with Crippen LogP contribution >= 0.6 is 0 Å². The van der Waals surface area contributed by atoms with Crippen LogP contribution in [0, 0.1) is 5.92 Å². The van der Waals surface area contributed by atoms with Crippen molar-refractivity contribution < 1.29 is 4.74 Å². The van der Waals surface area contributed by atoms with Gasteiger partial charge in [-0.05, 0) is 49.5 Å². The van der Waals surface area contributed by atoms with Crippen LogP contribution in [0.2, 0.25) is 0 Å². The summed E-state index contributed by atoms with van der Waals surface area (Å²) >= 11 is 0. The minimum absolute atomic E-state index is 0.323. The van der Waals surface area contributed by atoms with E-state index in [-0.39, 0.29) is 5.54 Å². The van der Waals surface area contributed by atoms with E-state index < -0.39 is 0 Å². The molecule has 0 radical (unpaired) electrons. The molecule has 1 atom stereocenters. The molecule has 2 N–H and O–H groups in total. The molecule has 0 saturated heterocycles. The van der Waals surface area contributed by atoms with Crippen LogP contribution < -0.4 is 10.5 Å². The zero-order valence-corrected chi connectivity index (χ0v) is 14.4. The predicted octanol–water partition coefficient (Wildman–Crippen LogP) is 3.63. The summed E-state index contributed by atoms with van der Waals surface area (Å²) in [5.41, 5.74) is 7.70. The first kappa shape index (κ1) is 18.0. The Morgan fingerprint density at radius 2 is 1.62 bits per heavy atom. The van der Waals surface area contributed by atoms with Crippen molar-refractivity contribution in [2.24, 2.45) is 11.7 Å². The van der Waals surface area contributed by atoms with Gasteiger partial charge in [-0.3, -0.25) is 0 Å². The van der Waals surface area contributed by atoms with Crippen LogP contribution in [0.25, 0.3) is 0 Å². The molecular weight excluding hydrogens is 260 g/mol. The topological polar surface area (TPSA) is 38.5 Å². The number of methoxy groups -OCH3 is 1. The highest BCUT2D eigenvalue weighted by Gasteiger charge is 2.33. The summed E-state index contributed by atoms with van der Waals surface area (Å²) in [4.78, 5) is 2.49. The van der Waals surface area contributed by atoms with Gasteiger partial charge in [-0.25, -0.2) is 0 Å². The fraction of sp³-hybridized carbons (Fsp3) is 0.667. The van der Waals surface area contributed by atoms with Gasteiger partial charge in [0, 0.05) is 6.54 Å². The fourth-order valence-electron chi connectivity index (χ4n) is 2.78. The van der Waals surface area contributed by atoms with Gasteiger partial charge < -0.3 is 15.4 Å². The summed E-state index contributed by atoms with van der Waals surface area (Å²) in [6.07, 6.45) is 2.33. The summed E-state index contributed by atoms with van der Waals surface area (Å²) < 4.78 is 5.25. The summed E-state index contributed by atoms with van der Waals surface area (Å²) in [5.74, 6) is 1.26. The van der Waals surface area contributed by atoms with E-state index in [0.29, 0.717) is 5.92 Å². The van der Waals surface area contributed by atoms with Gasteiger partial charge in [0.2, 0.25) is 0 Å². The van der Waals surface area contributed by atoms with Crippen molar-refractivity contribution in [2.75, 3.05) is 26.7 Å². The molecule has 0 aromatic heterocycles. The van der Waals surface area contributed by atoms with Crippen molar-refractivity contribution in [3.05, 3.63) is 29.8 Å². The van der Waals surface area contributed by atoms with Crippen LogP contribution in [0.3, 0.4) is 0 Å². The number of hydrogen-bond acceptors (Lipinski definition) is 3. The highest BCUT2D eigenvalue weighted by atomic mass is 16.5. The molecule has 0 heterocycles. The van der Waals surface area contributed by atoms with Gasteiger partial charge in [0.15, 0.2) is 0 Å². The van der Waals surface area contributed by atoms with Gasteiger partial charge in [-0.1, -0.05) is 39.8 Å². The molecule has 0 aliphatic rings. The normalized spacial score (nSPS) is 14.5. The molecule has 3 nitrogen and oxygen atoms in total. The maximum Gasteiger partial charge on any atom is 0.118 e. The summed E-state index contributed by atoms with van der Waals surface area (Å²) in [7, 11) is 1.69. The molecule has 0 spiro atoms. The third kappa shape index (κ3) is 4.72. The number of nitrogens with two attached hydrogens (primary N) is 1. The van der Waals surface area contributed by atoms with E-state index in [4.69, 9.17) is 10.5 Å². The van der Waals surface area contributed by atoms with Crippen LogP contribution in [0.1, 0.15) is 46.1 Å². The SMILES string of the molecule is CCCN(CCC)CC(N)(c1ccc(OC)cc1)C(C)C. The van der Waals surface area contributed by atoms with Crippen molar-refractivity contribution in [3.63, 3.8) is 0 Å². The van der Waals surface area contributed by atoms with Crippen LogP contribution in [-0.4, -0.2) is 31.6 Å². The number of hydrogen-bond donors (Lipinski definition) is 1. The second kappa shape index (κ2) is 8.40. The Morgan fingerprint density at radius 1 is 1.10 bits per heavy atom. The molecule has 1 unspecified atom stereocenters. The first-order valence-electron chi connectivity index (χ1n) is 8.13. The van der Waals surface area contributed by atoms with Crippen LogP contribution in [0.15, 0.2) is 24.3 Å². The molecule has 0 amide bonds. The van der Waals surface area contributed by atoms with E-state index in [9.17, 15) is 0 Å². The molecule has 0 fully saturated rings. The maximum absolute atomic E-state index is 6.83. The summed E-state index contributed by atoms with van der Waals surface area (Å²) in [6, 6.07) is 8.22. The zero-order valence-electron chi connectivity index (χ0n) is 14.4. The van der Waals surface area contributed by atoms with Gasteiger partial charge in [0.25, 0.3) is 0 Å². The molecule has 1 aromatic rings. The quantitative estimate of drug-likeness (QED) is 0.755. The lowest BCUT2D eigenvalue weighted by Crippen LogP contribution is -2.51. The zero-order chi connectivity index (χ0) is 15.9. The van der Waals surface area contributed by atoms with Gasteiger partial charge in [0.1, 0.15) is 5.75 Å². The van der Waals surface area contributed by atoms with E-state index in [1.165, 1.54) is 5.56 Å². The molecule has 0 bridgehead atoms. The largest absolute Gasteiger partial charge is 0.497 e. The Hall–Kier alpha value is -1.06. The average molecular weight is 292 g/mol. The van der Waals surface area contributed by atoms with E-state index in [2.05, 4.69) is 44.7 Å². The highest BCUT2D eigenvalue weighted by molar-refractivity contribution is 5.32. The fourth-order valence-corrected chi connectivity index (χ4v) is 2.78. The Kier molecular flexibility index (Phi) is 7.20. The number of benzene rings is 1. The average Bonchev–Trinajstić information content (AvgIpc) is 2.47. The monoisotopic (exact) mass is 292 g/mol. The molecule has 21 heavy (non-hydrogen) atoms. The van der Waals surface area contributed by atoms with Crippen molar-refractivity contribution >= 4 is 0 Å². The number of nitrogens with zero attached hydrogens (tertiary/aromatic N) is 1. The molecule has 0 saturated carbocycles. The van der Waals surface area contributed by atoms with E-state index in [0.717, 1.165) is 38.2 Å². The van der Waals surface area contributed by atoms with Gasteiger partial charge >= 0.3 is 0 Å². The third-order valence-corrected chi connectivity index (χ3v) is 4.22. The smallest absolute Gasteiger partial charge is 0.118 e. The standard InChI is InChI=1S/C18H32N2O/c1-6-12-20(13-7-2)14-18(19,15(3)4)16-8-10-17(21-5)11-9-16/h8-11,15H,6-7,12-14,19H2,1-5H3. The van der Waals surface area contributed by atoms with Crippen LogP contribution in [-0.2, 0) is 5.54 Å². The van der Waals surface area contributed by atoms with Crippen molar-refractivity contribution in [1.82, 2.24) is 4.90 Å². The van der Waals surface area contributed by atoms with E-state index in [1.54, 1.807) is 7.11 Å². The first-order valence-corrected chi connectivity index (χ1v) is 8.13. The lowest BCUT2D eigenvalue weighted by molar-refractivity contribution is 0.171. The lowest BCUT2D eigenvalue weighted by Gasteiger charge is -2.39.